The lowest BCUT2D eigenvalue weighted by Gasteiger charge is -2.23. The van der Waals surface area contributed by atoms with Crippen molar-refractivity contribution in [3.05, 3.63) is 0 Å². The van der Waals surface area contributed by atoms with Crippen LogP contribution in [0.25, 0.3) is 0 Å². The molecule has 2 atom stereocenters. The Balaban J connectivity index is 2.92. The van der Waals surface area contributed by atoms with Gasteiger partial charge in [-0.05, 0) is 18.8 Å². The monoisotopic (exact) mass is 293 g/mol. The molecule has 1 saturated carbocycles. The Kier molecular flexibility index (Phi) is 3.54. The Bertz CT molecular complexity index is 248. The van der Waals surface area contributed by atoms with Gasteiger partial charge in [0.15, 0.2) is 5.41 Å². The molecule has 0 radical (unpaired) electrons. The molecule has 1 rings (SSSR count). The van der Waals surface area contributed by atoms with Crippen molar-refractivity contribution < 1.29 is 9.53 Å². The minimum atomic E-state index is -0.851. The fourth-order valence-corrected chi connectivity index (χ4v) is 3.12. The second kappa shape index (κ2) is 4.27. The summed E-state index contributed by atoms with van der Waals surface area (Å²) in [5, 5.41) is 9.07. The normalized spacial score (nSPS) is 32.5. The topological polar surface area (TPSA) is 50.1 Å². The molecule has 72 valence electrons. The highest BCUT2D eigenvalue weighted by molar-refractivity contribution is 14.1. The molecule has 1 aliphatic rings. The average Bonchev–Trinajstić information content (AvgIpc) is 2.60. The summed E-state index contributed by atoms with van der Waals surface area (Å²) in [6, 6.07) is 2.15. The van der Waals surface area contributed by atoms with Gasteiger partial charge in [-0.15, -0.1) is 0 Å². The van der Waals surface area contributed by atoms with Gasteiger partial charge in [-0.3, -0.25) is 4.79 Å². The highest BCUT2D eigenvalue weighted by atomic mass is 127. The molecule has 0 N–H and O–H groups in total. The molecule has 0 aliphatic heterocycles. The van der Waals surface area contributed by atoms with Crippen molar-refractivity contribution in [2.45, 2.75) is 19.3 Å². The lowest BCUT2D eigenvalue weighted by atomic mass is 9.80. The van der Waals surface area contributed by atoms with Crippen molar-refractivity contribution in [2.75, 3.05) is 11.5 Å². The summed E-state index contributed by atoms with van der Waals surface area (Å²) < 4.78 is 5.54. The molecule has 0 aromatic rings. The number of rotatable bonds is 2. The minimum Gasteiger partial charge on any atom is -0.468 e. The lowest BCUT2D eigenvalue weighted by molar-refractivity contribution is -0.150. The average molecular weight is 293 g/mol. The largest absolute Gasteiger partial charge is 0.468 e. The Morgan fingerprint density at radius 2 is 2.54 bits per heavy atom. The van der Waals surface area contributed by atoms with Crippen LogP contribution in [0, 0.1) is 22.7 Å². The molecule has 0 spiro atoms. The number of nitrogens with zero attached hydrogens (tertiary/aromatic N) is 1. The predicted octanol–water partition coefficient (Wildman–Crippen LogP) is 1.90. The first kappa shape index (κ1) is 10.8. The van der Waals surface area contributed by atoms with E-state index in [0.29, 0.717) is 6.42 Å². The maximum Gasteiger partial charge on any atom is 0.326 e. The summed E-state index contributed by atoms with van der Waals surface area (Å²) in [4.78, 5) is 11.5. The number of halogens is 1. The van der Waals surface area contributed by atoms with E-state index in [-0.39, 0.29) is 11.9 Å². The summed E-state index contributed by atoms with van der Waals surface area (Å²) in [7, 11) is 1.35. The molecule has 0 heterocycles. The summed E-state index contributed by atoms with van der Waals surface area (Å²) >= 11 is 2.23. The molecule has 0 aromatic heterocycles. The maximum atomic E-state index is 11.5. The quantitative estimate of drug-likeness (QED) is 0.444. The number of nitriles is 1. The van der Waals surface area contributed by atoms with Gasteiger partial charge < -0.3 is 4.74 Å². The Hall–Kier alpha value is -0.310. The number of hydrogen-bond donors (Lipinski definition) is 0. The third kappa shape index (κ3) is 1.66. The number of methoxy groups -OCH3 is 1. The van der Waals surface area contributed by atoms with Crippen molar-refractivity contribution in [1.29, 1.82) is 5.26 Å². The lowest BCUT2D eigenvalue weighted by Crippen LogP contribution is -2.35. The van der Waals surface area contributed by atoms with Crippen molar-refractivity contribution in [3.63, 3.8) is 0 Å². The number of alkyl halides is 1. The van der Waals surface area contributed by atoms with Crippen LogP contribution in [0.15, 0.2) is 0 Å². The first-order valence-electron chi connectivity index (χ1n) is 4.27. The summed E-state index contributed by atoms with van der Waals surface area (Å²) in [6.45, 7) is 0. The standard InChI is InChI=1S/C9H12INO2/c1-13-8(12)9(6-11)4-2-3-7(9)5-10/h7H,2-5H2,1H3/t7-,9+/m0/s1. The molecule has 0 bridgehead atoms. The SMILES string of the molecule is COC(=O)[C@@]1(C#N)CCC[C@H]1CI. The number of carbonyl (C=O) groups is 1. The fraction of sp³-hybridized carbons (Fsp3) is 0.778. The first-order valence-corrected chi connectivity index (χ1v) is 5.79. The zero-order chi connectivity index (χ0) is 9.90. The number of carbonyl (C=O) groups excluding carboxylic acids is 1. The van der Waals surface area contributed by atoms with Crippen LogP contribution in [0.1, 0.15) is 19.3 Å². The van der Waals surface area contributed by atoms with Crippen molar-refractivity contribution in [2.24, 2.45) is 11.3 Å². The molecule has 13 heavy (non-hydrogen) atoms. The van der Waals surface area contributed by atoms with Crippen molar-refractivity contribution >= 4 is 28.6 Å². The molecule has 1 aliphatic carbocycles. The fourth-order valence-electron chi connectivity index (χ4n) is 1.93. The third-order valence-electron chi connectivity index (χ3n) is 2.76. The van der Waals surface area contributed by atoms with E-state index in [0.717, 1.165) is 17.3 Å². The van der Waals surface area contributed by atoms with Gasteiger partial charge in [-0.25, -0.2) is 0 Å². The van der Waals surface area contributed by atoms with Crippen LogP contribution in [-0.2, 0) is 9.53 Å². The first-order chi connectivity index (χ1) is 6.21. The maximum absolute atomic E-state index is 11.5. The van der Waals surface area contributed by atoms with E-state index in [1.807, 2.05) is 0 Å². The third-order valence-corrected chi connectivity index (χ3v) is 3.82. The summed E-state index contributed by atoms with van der Waals surface area (Å²) in [5.74, 6) is -0.181. The van der Waals surface area contributed by atoms with Crippen LogP contribution >= 0.6 is 22.6 Å². The summed E-state index contributed by atoms with van der Waals surface area (Å²) in [6.07, 6.45) is 2.58. The van der Waals surface area contributed by atoms with E-state index in [1.54, 1.807) is 0 Å². The number of hydrogen-bond acceptors (Lipinski definition) is 3. The van der Waals surface area contributed by atoms with Crippen molar-refractivity contribution in [3.8, 4) is 6.07 Å². The Labute approximate surface area is 91.6 Å². The van der Waals surface area contributed by atoms with Crippen molar-refractivity contribution in [1.82, 2.24) is 0 Å². The number of ether oxygens (including phenoxy) is 1. The van der Waals surface area contributed by atoms with Gasteiger partial charge in [0.2, 0.25) is 0 Å². The minimum absolute atomic E-state index is 0.172. The van der Waals surface area contributed by atoms with Crippen LogP contribution in [0.4, 0.5) is 0 Å². The Morgan fingerprint density at radius 1 is 1.85 bits per heavy atom. The van der Waals surface area contributed by atoms with Gasteiger partial charge >= 0.3 is 5.97 Å². The van der Waals surface area contributed by atoms with Crippen LogP contribution < -0.4 is 0 Å². The van der Waals surface area contributed by atoms with E-state index in [9.17, 15) is 4.79 Å². The van der Waals surface area contributed by atoms with E-state index < -0.39 is 5.41 Å². The molecular formula is C9H12INO2. The zero-order valence-corrected chi connectivity index (χ0v) is 9.70. The molecule has 0 amide bonds. The second-order valence-corrected chi connectivity index (χ2v) is 4.20. The highest BCUT2D eigenvalue weighted by Gasteiger charge is 2.50. The van der Waals surface area contributed by atoms with E-state index in [2.05, 4.69) is 28.7 Å². The van der Waals surface area contributed by atoms with Gasteiger partial charge in [0, 0.05) is 4.43 Å². The molecule has 3 nitrogen and oxygen atoms in total. The van der Waals surface area contributed by atoms with Gasteiger partial charge in [0.1, 0.15) is 0 Å². The van der Waals surface area contributed by atoms with E-state index in [4.69, 9.17) is 10.00 Å². The van der Waals surface area contributed by atoms with Gasteiger partial charge in [0.25, 0.3) is 0 Å². The van der Waals surface area contributed by atoms with Crippen LogP contribution in [0.5, 0.6) is 0 Å². The molecule has 4 heteroatoms. The van der Waals surface area contributed by atoms with Gasteiger partial charge in [0.05, 0.1) is 13.2 Å². The highest BCUT2D eigenvalue weighted by Crippen LogP contribution is 2.44. The second-order valence-electron chi connectivity index (χ2n) is 3.32. The van der Waals surface area contributed by atoms with Crippen LogP contribution in [-0.4, -0.2) is 17.5 Å². The molecule has 0 unspecified atom stereocenters. The van der Waals surface area contributed by atoms with Crippen LogP contribution in [0.2, 0.25) is 0 Å². The smallest absolute Gasteiger partial charge is 0.326 e. The predicted molar refractivity (Wildman–Crippen MR) is 56.3 cm³/mol. The molecule has 0 aromatic carbocycles. The number of esters is 1. The summed E-state index contributed by atoms with van der Waals surface area (Å²) in [5.41, 5.74) is -0.851. The zero-order valence-electron chi connectivity index (χ0n) is 7.55. The Morgan fingerprint density at radius 3 is 3.00 bits per heavy atom. The molecule has 1 fully saturated rings. The van der Waals surface area contributed by atoms with Crippen LogP contribution in [0.3, 0.4) is 0 Å². The van der Waals surface area contributed by atoms with E-state index in [1.165, 1.54) is 7.11 Å². The molecule has 0 saturated heterocycles. The molecular weight excluding hydrogens is 281 g/mol. The van der Waals surface area contributed by atoms with Gasteiger partial charge in [-0.1, -0.05) is 29.0 Å². The van der Waals surface area contributed by atoms with Gasteiger partial charge in [-0.2, -0.15) is 5.26 Å². The van der Waals surface area contributed by atoms with E-state index >= 15 is 0 Å².